The molecule has 0 saturated heterocycles. The minimum Gasteiger partial charge on any atom is -0.200 e. The smallest absolute Gasteiger partial charge is 0.200 e. The number of aryl methyl sites for hydroxylation is 6. The summed E-state index contributed by atoms with van der Waals surface area (Å²) < 4.78 is 2.27. The molecule has 122 valence electrons. The van der Waals surface area contributed by atoms with Crippen LogP contribution in [0.2, 0.25) is 0 Å². The lowest BCUT2D eigenvalue weighted by molar-refractivity contribution is -0.660. The highest BCUT2D eigenvalue weighted by Gasteiger charge is 2.22. The van der Waals surface area contributed by atoms with Gasteiger partial charge in [-0.15, -0.1) is 0 Å². The minimum absolute atomic E-state index is 1.28. The maximum absolute atomic E-state index is 2.33. The molecule has 0 saturated carbocycles. The van der Waals surface area contributed by atoms with Crippen molar-refractivity contribution in [1.29, 1.82) is 0 Å². The first kappa shape index (κ1) is 16.4. The summed E-state index contributed by atoms with van der Waals surface area (Å²) in [5.41, 5.74) is 11.9. The van der Waals surface area contributed by atoms with Crippen LogP contribution in [0.3, 0.4) is 0 Å². The standard InChI is InChI=1S/C23H26N/c1-15-11-18(4)22(19(5)12-15)21-13-16(2)14-24(6)23(21)20-10-8-7-9-17(20)3/h7-14H,1-6H3/q+1. The zero-order chi connectivity index (χ0) is 17.4. The molecule has 0 aliphatic heterocycles. The number of hydrogen-bond acceptors (Lipinski definition) is 0. The quantitative estimate of drug-likeness (QED) is 0.558. The Bertz CT molecular complexity index is 896. The van der Waals surface area contributed by atoms with E-state index in [4.69, 9.17) is 0 Å². The third-order valence-corrected chi connectivity index (χ3v) is 4.72. The molecule has 0 aliphatic carbocycles. The predicted octanol–water partition coefficient (Wildman–Crippen LogP) is 5.39. The first-order chi connectivity index (χ1) is 11.4. The van der Waals surface area contributed by atoms with E-state index < -0.39 is 0 Å². The molecule has 24 heavy (non-hydrogen) atoms. The van der Waals surface area contributed by atoms with Crippen LogP contribution in [-0.2, 0) is 7.05 Å². The summed E-state index contributed by atoms with van der Waals surface area (Å²) in [7, 11) is 2.15. The second-order valence-electron chi connectivity index (χ2n) is 6.98. The Kier molecular flexibility index (Phi) is 4.28. The van der Waals surface area contributed by atoms with Gasteiger partial charge in [0.15, 0.2) is 6.20 Å². The summed E-state index contributed by atoms with van der Waals surface area (Å²) in [6, 6.07) is 15.5. The van der Waals surface area contributed by atoms with Gasteiger partial charge >= 0.3 is 0 Å². The van der Waals surface area contributed by atoms with Crippen LogP contribution in [0.15, 0.2) is 48.7 Å². The van der Waals surface area contributed by atoms with Crippen LogP contribution >= 0.6 is 0 Å². The van der Waals surface area contributed by atoms with Crippen molar-refractivity contribution in [1.82, 2.24) is 0 Å². The highest BCUT2D eigenvalue weighted by atomic mass is 14.9. The topological polar surface area (TPSA) is 3.88 Å². The minimum atomic E-state index is 1.28. The molecule has 1 heterocycles. The Morgan fingerprint density at radius 1 is 0.667 bits per heavy atom. The van der Waals surface area contributed by atoms with Gasteiger partial charge in [-0.25, -0.2) is 4.57 Å². The van der Waals surface area contributed by atoms with Crippen LogP contribution in [0.4, 0.5) is 0 Å². The number of aromatic nitrogens is 1. The Morgan fingerprint density at radius 3 is 1.92 bits per heavy atom. The summed E-state index contributed by atoms with van der Waals surface area (Å²) in [6.45, 7) is 11.0. The average Bonchev–Trinajstić information content (AvgIpc) is 2.47. The van der Waals surface area contributed by atoms with Gasteiger partial charge in [0.05, 0.1) is 5.56 Å². The summed E-state index contributed by atoms with van der Waals surface area (Å²) in [6.07, 6.45) is 2.21. The van der Waals surface area contributed by atoms with Gasteiger partial charge in [-0.1, -0.05) is 35.9 Å². The Labute approximate surface area is 145 Å². The van der Waals surface area contributed by atoms with E-state index in [9.17, 15) is 0 Å². The molecule has 2 aromatic carbocycles. The average molecular weight is 316 g/mol. The predicted molar refractivity (Wildman–Crippen MR) is 102 cm³/mol. The molecule has 0 unspecified atom stereocenters. The first-order valence-electron chi connectivity index (χ1n) is 8.53. The molecule has 0 atom stereocenters. The molecule has 0 radical (unpaired) electrons. The third-order valence-electron chi connectivity index (χ3n) is 4.72. The second kappa shape index (κ2) is 6.24. The maximum atomic E-state index is 2.33. The van der Waals surface area contributed by atoms with Gasteiger partial charge < -0.3 is 0 Å². The van der Waals surface area contributed by atoms with E-state index in [1.54, 1.807) is 0 Å². The molecule has 0 spiro atoms. The fourth-order valence-electron chi connectivity index (χ4n) is 3.86. The molecule has 3 aromatic rings. The molecular weight excluding hydrogens is 290 g/mol. The largest absolute Gasteiger partial charge is 0.220 e. The molecule has 0 aliphatic rings. The SMILES string of the molecule is Cc1cc(C)c(-c2cc(C)c[n+](C)c2-c2ccccc2C)c(C)c1. The van der Waals surface area contributed by atoms with Crippen molar-refractivity contribution in [3.8, 4) is 22.4 Å². The summed E-state index contributed by atoms with van der Waals surface area (Å²) in [4.78, 5) is 0. The van der Waals surface area contributed by atoms with E-state index in [0.29, 0.717) is 0 Å². The summed E-state index contributed by atoms with van der Waals surface area (Å²) in [5.74, 6) is 0. The number of hydrogen-bond donors (Lipinski definition) is 0. The van der Waals surface area contributed by atoms with Crippen molar-refractivity contribution in [3.63, 3.8) is 0 Å². The van der Waals surface area contributed by atoms with Gasteiger partial charge in [-0.2, -0.15) is 0 Å². The zero-order valence-electron chi connectivity index (χ0n) is 15.6. The molecular formula is C23H26N+. The molecule has 1 nitrogen and oxygen atoms in total. The van der Waals surface area contributed by atoms with Crippen LogP contribution in [-0.4, -0.2) is 0 Å². The zero-order valence-corrected chi connectivity index (χ0v) is 15.6. The van der Waals surface area contributed by atoms with E-state index in [2.05, 4.69) is 94.9 Å². The number of rotatable bonds is 2. The van der Waals surface area contributed by atoms with Crippen LogP contribution < -0.4 is 4.57 Å². The molecule has 0 fully saturated rings. The van der Waals surface area contributed by atoms with E-state index in [0.717, 1.165) is 0 Å². The molecule has 1 heteroatoms. The Morgan fingerprint density at radius 2 is 1.29 bits per heavy atom. The van der Waals surface area contributed by atoms with Crippen molar-refractivity contribution in [2.24, 2.45) is 7.05 Å². The van der Waals surface area contributed by atoms with Gasteiger partial charge in [0, 0.05) is 11.1 Å². The highest BCUT2D eigenvalue weighted by molar-refractivity contribution is 5.83. The van der Waals surface area contributed by atoms with Crippen molar-refractivity contribution in [2.45, 2.75) is 34.6 Å². The van der Waals surface area contributed by atoms with Crippen LogP contribution in [0, 0.1) is 34.6 Å². The molecule has 3 rings (SSSR count). The molecule has 1 aromatic heterocycles. The van der Waals surface area contributed by atoms with E-state index in [1.165, 1.54) is 50.2 Å². The monoisotopic (exact) mass is 316 g/mol. The van der Waals surface area contributed by atoms with Crippen LogP contribution in [0.25, 0.3) is 22.4 Å². The van der Waals surface area contributed by atoms with Crippen molar-refractivity contribution in [3.05, 3.63) is 76.5 Å². The molecule has 0 N–H and O–H groups in total. The first-order valence-corrected chi connectivity index (χ1v) is 8.53. The van der Waals surface area contributed by atoms with Gasteiger partial charge in [0.25, 0.3) is 0 Å². The van der Waals surface area contributed by atoms with Gasteiger partial charge in [0.2, 0.25) is 5.69 Å². The lowest BCUT2D eigenvalue weighted by atomic mass is 9.89. The van der Waals surface area contributed by atoms with Gasteiger partial charge in [-0.3, -0.25) is 0 Å². The van der Waals surface area contributed by atoms with Crippen molar-refractivity contribution in [2.75, 3.05) is 0 Å². The Hall–Kier alpha value is -2.41. The lowest BCUT2D eigenvalue weighted by Crippen LogP contribution is -2.32. The number of nitrogens with zero attached hydrogens (tertiary/aromatic N) is 1. The van der Waals surface area contributed by atoms with Crippen LogP contribution in [0.5, 0.6) is 0 Å². The van der Waals surface area contributed by atoms with Gasteiger partial charge in [-0.05, 0) is 69.0 Å². The third kappa shape index (κ3) is 2.87. The maximum Gasteiger partial charge on any atom is 0.220 e. The molecule has 0 amide bonds. The van der Waals surface area contributed by atoms with Crippen LogP contribution in [0.1, 0.15) is 27.8 Å². The van der Waals surface area contributed by atoms with E-state index in [1.807, 2.05) is 0 Å². The summed E-state index contributed by atoms with van der Waals surface area (Å²) >= 11 is 0. The Balaban J connectivity index is 2.40. The van der Waals surface area contributed by atoms with E-state index in [-0.39, 0.29) is 0 Å². The van der Waals surface area contributed by atoms with Gasteiger partial charge in [0.1, 0.15) is 7.05 Å². The van der Waals surface area contributed by atoms with Crippen molar-refractivity contribution >= 4 is 0 Å². The normalized spacial score (nSPS) is 10.9. The molecule has 0 bridgehead atoms. The fraction of sp³-hybridized carbons (Fsp3) is 0.261. The second-order valence-corrected chi connectivity index (χ2v) is 6.98. The lowest BCUT2D eigenvalue weighted by Gasteiger charge is -2.16. The highest BCUT2D eigenvalue weighted by Crippen LogP contribution is 2.36. The van der Waals surface area contributed by atoms with E-state index >= 15 is 0 Å². The van der Waals surface area contributed by atoms with Crippen molar-refractivity contribution < 1.29 is 4.57 Å². The fourth-order valence-corrected chi connectivity index (χ4v) is 3.86. The number of benzene rings is 2. The summed E-state index contributed by atoms with van der Waals surface area (Å²) in [5, 5.41) is 0. The number of pyridine rings is 1.